The fourth-order valence-electron chi connectivity index (χ4n) is 8.50. The van der Waals surface area contributed by atoms with Crippen molar-refractivity contribution in [2.45, 2.75) is 78.2 Å². The second-order valence-corrected chi connectivity index (χ2v) is 10.6. The molecule has 3 saturated carbocycles. The Hall–Kier alpha value is -0.570. The third-order valence-electron chi connectivity index (χ3n) is 9.75. The molecule has 1 heterocycles. The predicted molar refractivity (Wildman–Crippen MR) is 105 cm³/mol. The minimum absolute atomic E-state index is 0.350. The molecule has 4 aliphatic rings. The van der Waals surface area contributed by atoms with Gasteiger partial charge in [-0.05, 0) is 85.4 Å². The molecule has 0 radical (unpaired) electrons. The maximum Gasteiger partial charge on any atom is 0.222 e. The second-order valence-electron chi connectivity index (χ2n) is 10.6. The van der Waals surface area contributed by atoms with E-state index in [1.807, 2.05) is 7.11 Å². The lowest BCUT2D eigenvalue weighted by atomic mass is 9.46. The van der Waals surface area contributed by atoms with Crippen molar-refractivity contribution in [3.05, 3.63) is 0 Å². The highest BCUT2D eigenvalue weighted by atomic mass is 16.5. The van der Waals surface area contributed by atoms with Gasteiger partial charge in [0.25, 0.3) is 0 Å². The van der Waals surface area contributed by atoms with Crippen molar-refractivity contribution in [2.24, 2.45) is 40.4 Å². The predicted octanol–water partition coefficient (Wildman–Crippen LogP) is 4.75. The average Bonchev–Trinajstić information content (AvgIpc) is 2.96. The summed E-state index contributed by atoms with van der Waals surface area (Å²) in [7, 11) is 3.92. The SMILES string of the molecule is COCC(C)C1CCC2C3CCC4N(C)C(=O)CC[C@]4(C)C3CC[C@]12C. The van der Waals surface area contributed by atoms with E-state index in [9.17, 15) is 4.79 Å². The van der Waals surface area contributed by atoms with E-state index in [2.05, 4.69) is 32.7 Å². The molecule has 0 bridgehead atoms. The molecule has 1 saturated heterocycles. The van der Waals surface area contributed by atoms with E-state index in [4.69, 9.17) is 4.74 Å². The Balaban J connectivity index is 1.58. The number of carbonyl (C=O) groups is 1. The molecule has 6 unspecified atom stereocenters. The van der Waals surface area contributed by atoms with Gasteiger partial charge < -0.3 is 9.64 Å². The summed E-state index contributed by atoms with van der Waals surface area (Å²) < 4.78 is 5.52. The Morgan fingerprint density at radius 3 is 2.54 bits per heavy atom. The number of hydrogen-bond acceptors (Lipinski definition) is 2. The molecule has 0 aromatic carbocycles. The van der Waals surface area contributed by atoms with Gasteiger partial charge in [0.2, 0.25) is 5.91 Å². The molecule has 4 rings (SSSR count). The molecule has 3 heteroatoms. The lowest BCUT2D eigenvalue weighted by molar-refractivity contribution is -0.159. The first-order valence-corrected chi connectivity index (χ1v) is 11.1. The highest BCUT2D eigenvalue weighted by Gasteiger charge is 2.61. The zero-order valence-electron chi connectivity index (χ0n) is 17.6. The maximum atomic E-state index is 12.3. The van der Waals surface area contributed by atoms with Crippen LogP contribution in [0.3, 0.4) is 0 Å². The molecular weight excluding hydrogens is 322 g/mol. The van der Waals surface area contributed by atoms with E-state index in [-0.39, 0.29) is 0 Å². The van der Waals surface area contributed by atoms with Gasteiger partial charge in [-0.1, -0.05) is 20.8 Å². The Bertz CT molecular complexity index is 562. The second kappa shape index (κ2) is 6.50. The highest BCUT2D eigenvalue weighted by Crippen LogP contribution is 2.67. The van der Waals surface area contributed by atoms with Crippen molar-refractivity contribution in [2.75, 3.05) is 20.8 Å². The van der Waals surface area contributed by atoms with Crippen LogP contribution in [0.2, 0.25) is 0 Å². The average molecular weight is 362 g/mol. The van der Waals surface area contributed by atoms with Crippen LogP contribution in [0.25, 0.3) is 0 Å². The minimum Gasteiger partial charge on any atom is -0.384 e. The van der Waals surface area contributed by atoms with Crippen molar-refractivity contribution < 1.29 is 9.53 Å². The van der Waals surface area contributed by atoms with Crippen LogP contribution in [0.5, 0.6) is 0 Å². The van der Waals surface area contributed by atoms with Gasteiger partial charge in [0.15, 0.2) is 0 Å². The molecule has 3 aliphatic carbocycles. The summed E-state index contributed by atoms with van der Waals surface area (Å²) in [6, 6.07) is 0.485. The summed E-state index contributed by atoms with van der Waals surface area (Å²) in [5.41, 5.74) is 0.863. The first kappa shape index (κ1) is 18.8. The number of fused-ring (bicyclic) bond motifs is 5. The number of hydrogen-bond donors (Lipinski definition) is 0. The van der Waals surface area contributed by atoms with Gasteiger partial charge in [0, 0.05) is 33.2 Å². The molecule has 4 fully saturated rings. The summed E-state index contributed by atoms with van der Waals surface area (Å²) in [4.78, 5) is 14.4. The standard InChI is InChI=1S/C23H39NO2/c1-15(14-26-5)17-7-8-18-16-6-9-20-23(3,13-11-21(25)24(20)4)19(16)10-12-22(17,18)2/h15-20H,6-14H2,1-5H3/t15?,16?,17?,18?,19?,20?,22-,23-/m1/s1. The van der Waals surface area contributed by atoms with Gasteiger partial charge in [-0.25, -0.2) is 0 Å². The number of rotatable bonds is 3. The normalized spacial score (nSPS) is 49.3. The van der Waals surface area contributed by atoms with Gasteiger partial charge in [0.1, 0.15) is 0 Å². The lowest BCUT2D eigenvalue weighted by Crippen LogP contribution is -2.61. The van der Waals surface area contributed by atoms with Crippen molar-refractivity contribution >= 4 is 5.91 Å². The summed E-state index contributed by atoms with van der Waals surface area (Å²) in [6.07, 6.45) is 10.0. The monoisotopic (exact) mass is 361 g/mol. The molecule has 26 heavy (non-hydrogen) atoms. The molecule has 0 spiro atoms. The Labute approximate surface area is 160 Å². The van der Waals surface area contributed by atoms with Crippen LogP contribution < -0.4 is 0 Å². The molecular formula is C23H39NO2. The van der Waals surface area contributed by atoms with Gasteiger partial charge in [-0.3, -0.25) is 4.79 Å². The van der Waals surface area contributed by atoms with E-state index >= 15 is 0 Å². The number of amides is 1. The number of ether oxygens (including phenoxy) is 1. The van der Waals surface area contributed by atoms with Gasteiger partial charge >= 0.3 is 0 Å². The van der Waals surface area contributed by atoms with E-state index in [1.165, 1.54) is 38.5 Å². The zero-order chi connectivity index (χ0) is 18.7. The quantitative estimate of drug-likeness (QED) is 0.726. The van der Waals surface area contributed by atoms with Crippen LogP contribution in [0.1, 0.15) is 72.1 Å². The molecule has 0 N–H and O–H groups in total. The minimum atomic E-state index is 0.350. The zero-order valence-corrected chi connectivity index (χ0v) is 17.6. The topological polar surface area (TPSA) is 29.5 Å². The summed E-state index contributed by atoms with van der Waals surface area (Å²) in [5, 5.41) is 0. The largest absolute Gasteiger partial charge is 0.384 e. The van der Waals surface area contributed by atoms with Gasteiger partial charge in [0.05, 0.1) is 0 Å². The summed E-state index contributed by atoms with van der Waals surface area (Å²) in [5.74, 6) is 4.49. The molecule has 0 aromatic rings. The third kappa shape index (κ3) is 2.52. The van der Waals surface area contributed by atoms with Crippen LogP contribution in [0.4, 0.5) is 0 Å². The van der Waals surface area contributed by atoms with Crippen molar-refractivity contribution in [3.63, 3.8) is 0 Å². The molecule has 1 aliphatic heterocycles. The van der Waals surface area contributed by atoms with Crippen LogP contribution in [0, 0.1) is 40.4 Å². The Kier molecular flexibility index (Phi) is 4.69. The lowest BCUT2D eigenvalue weighted by Gasteiger charge is -2.62. The Morgan fingerprint density at radius 2 is 1.81 bits per heavy atom. The van der Waals surface area contributed by atoms with E-state index < -0.39 is 0 Å². The van der Waals surface area contributed by atoms with Gasteiger partial charge in [-0.15, -0.1) is 0 Å². The van der Waals surface area contributed by atoms with Gasteiger partial charge in [-0.2, -0.15) is 0 Å². The van der Waals surface area contributed by atoms with Crippen LogP contribution >= 0.6 is 0 Å². The molecule has 3 nitrogen and oxygen atoms in total. The Morgan fingerprint density at radius 1 is 1.08 bits per heavy atom. The number of methoxy groups -OCH3 is 1. The van der Waals surface area contributed by atoms with Crippen molar-refractivity contribution in [1.29, 1.82) is 0 Å². The summed E-state index contributed by atoms with van der Waals surface area (Å²) in [6.45, 7) is 8.46. The first-order chi connectivity index (χ1) is 12.3. The van der Waals surface area contributed by atoms with Crippen LogP contribution in [-0.2, 0) is 9.53 Å². The van der Waals surface area contributed by atoms with Crippen LogP contribution in [0.15, 0.2) is 0 Å². The molecule has 0 aromatic heterocycles. The molecule has 148 valence electrons. The third-order valence-corrected chi connectivity index (χ3v) is 9.75. The smallest absolute Gasteiger partial charge is 0.222 e. The van der Waals surface area contributed by atoms with Crippen molar-refractivity contribution in [1.82, 2.24) is 4.90 Å². The number of likely N-dealkylation sites (tertiary alicyclic amines) is 1. The number of nitrogens with zero attached hydrogens (tertiary/aromatic N) is 1. The summed E-state index contributed by atoms with van der Waals surface area (Å²) >= 11 is 0. The van der Waals surface area contributed by atoms with E-state index in [0.29, 0.717) is 28.7 Å². The van der Waals surface area contributed by atoms with E-state index in [0.717, 1.165) is 43.1 Å². The molecule has 8 atom stereocenters. The maximum absolute atomic E-state index is 12.3. The first-order valence-electron chi connectivity index (χ1n) is 11.1. The number of carbonyl (C=O) groups excluding carboxylic acids is 1. The van der Waals surface area contributed by atoms with E-state index in [1.54, 1.807) is 0 Å². The van der Waals surface area contributed by atoms with Crippen molar-refractivity contribution in [3.8, 4) is 0 Å². The number of piperidine rings is 1. The fourth-order valence-corrected chi connectivity index (χ4v) is 8.50. The van der Waals surface area contributed by atoms with Crippen LogP contribution in [-0.4, -0.2) is 37.6 Å². The highest BCUT2D eigenvalue weighted by molar-refractivity contribution is 5.77. The fraction of sp³-hybridized carbons (Fsp3) is 0.957. The molecule has 1 amide bonds.